The zero-order valence-electron chi connectivity index (χ0n) is 29.2. The molecule has 4 aromatic carbocycles. The first-order valence-electron chi connectivity index (χ1n) is 16.2. The predicted octanol–water partition coefficient (Wildman–Crippen LogP) is 9.36. The molecule has 0 radical (unpaired) electrons. The van der Waals surface area contributed by atoms with E-state index in [4.69, 9.17) is 27.8 Å². The summed E-state index contributed by atoms with van der Waals surface area (Å²) in [6.45, 7) is -0.795. The van der Waals surface area contributed by atoms with Crippen LogP contribution in [0, 0.1) is 0 Å². The number of carbonyl (C=O) groups excluding carboxylic acids is 1. The number of carbonyl (C=O) groups is 1. The molecule has 0 fully saturated rings. The van der Waals surface area contributed by atoms with E-state index in [0.29, 0.717) is 0 Å². The van der Waals surface area contributed by atoms with Gasteiger partial charge in [0.1, 0.15) is 19.3 Å². The molecular formula is C38H41O9PS4. The van der Waals surface area contributed by atoms with Crippen molar-refractivity contribution in [3.63, 3.8) is 0 Å². The van der Waals surface area contributed by atoms with E-state index in [1.54, 1.807) is 47.0 Å². The van der Waals surface area contributed by atoms with Crippen LogP contribution in [0.2, 0.25) is 0 Å². The van der Waals surface area contributed by atoms with Crippen LogP contribution in [-0.2, 0) is 63.6 Å². The molecule has 0 spiro atoms. The fourth-order valence-electron chi connectivity index (χ4n) is 4.93. The quantitative estimate of drug-likeness (QED) is 0.0522. The lowest BCUT2D eigenvalue weighted by Crippen LogP contribution is -2.35. The van der Waals surface area contributed by atoms with Crippen molar-refractivity contribution in [3.8, 4) is 0 Å². The lowest BCUT2D eigenvalue weighted by Gasteiger charge is -2.27. The largest absolute Gasteiger partial charge is 0.485 e. The van der Waals surface area contributed by atoms with Gasteiger partial charge in [-0.25, -0.2) is 9.36 Å². The average Bonchev–Trinajstić information content (AvgIpc) is 3.51. The molecule has 0 amide bonds. The Morgan fingerprint density at radius 3 is 1.35 bits per heavy atom. The third-order valence-electron chi connectivity index (χ3n) is 7.88. The molecule has 1 aliphatic heterocycles. The summed E-state index contributed by atoms with van der Waals surface area (Å²) in [5.74, 6) is -0.966. The van der Waals surface area contributed by atoms with E-state index >= 15 is 0 Å². The highest BCUT2D eigenvalue weighted by Crippen LogP contribution is 2.53. The Balaban J connectivity index is 1.40. The molecule has 276 valence electrons. The van der Waals surface area contributed by atoms with E-state index in [1.165, 1.54) is 0 Å². The van der Waals surface area contributed by atoms with Gasteiger partial charge in [-0.3, -0.25) is 13.6 Å². The Morgan fingerprint density at radius 2 is 0.981 bits per heavy atom. The van der Waals surface area contributed by atoms with Crippen molar-refractivity contribution >= 4 is 60.8 Å². The fraction of sp³-hybridized carbons (Fsp3) is 0.289. The van der Waals surface area contributed by atoms with Crippen LogP contribution in [0.3, 0.4) is 0 Å². The molecule has 0 aromatic heterocycles. The summed E-state index contributed by atoms with van der Waals surface area (Å²) in [6.07, 6.45) is 5.21. The van der Waals surface area contributed by atoms with Gasteiger partial charge in [-0.1, -0.05) is 48.5 Å². The maximum absolute atomic E-state index is 14.4. The van der Waals surface area contributed by atoms with E-state index in [9.17, 15) is 14.5 Å². The van der Waals surface area contributed by atoms with Crippen molar-refractivity contribution in [3.05, 3.63) is 131 Å². The molecule has 0 saturated carbocycles. The van der Waals surface area contributed by atoms with Crippen LogP contribution in [0.5, 0.6) is 0 Å². The highest BCUT2D eigenvalue weighted by atomic mass is 32.2. The maximum atomic E-state index is 14.4. The number of ether oxygens (including phenoxy) is 3. The summed E-state index contributed by atoms with van der Waals surface area (Å²) in [5, 5.41) is 10.6. The number of hydrogen-bond donors (Lipinski definition) is 1. The van der Waals surface area contributed by atoms with Gasteiger partial charge >= 0.3 is 13.8 Å². The Kier molecular flexibility index (Phi) is 15.5. The summed E-state index contributed by atoms with van der Waals surface area (Å²) in [5.41, 5.74) is 3.13. The molecular weight excluding hydrogens is 760 g/mol. The van der Waals surface area contributed by atoms with Crippen molar-refractivity contribution in [2.24, 2.45) is 0 Å². The molecule has 1 N–H and O–H groups in total. The number of phosphoric acid groups is 1. The number of thioether (sulfide) groups is 4. The highest BCUT2D eigenvalue weighted by Gasteiger charge is 2.46. The average molecular weight is 801 g/mol. The Morgan fingerprint density at radius 1 is 0.615 bits per heavy atom. The second kappa shape index (κ2) is 20.0. The number of esters is 1. The minimum Gasteiger partial charge on any atom is -0.485 e. The van der Waals surface area contributed by atoms with Gasteiger partial charge in [0, 0.05) is 19.6 Å². The van der Waals surface area contributed by atoms with Crippen molar-refractivity contribution in [2.75, 3.05) is 31.6 Å². The first kappa shape index (κ1) is 40.3. The van der Waals surface area contributed by atoms with E-state index < -0.39 is 32.6 Å². The van der Waals surface area contributed by atoms with Gasteiger partial charge in [0.05, 0.1) is 19.8 Å². The number of phosphoric ester groups is 1. The summed E-state index contributed by atoms with van der Waals surface area (Å²) in [7, 11) is -4.42. The van der Waals surface area contributed by atoms with Crippen LogP contribution in [0.1, 0.15) is 22.3 Å². The molecule has 4 aromatic rings. The van der Waals surface area contributed by atoms with Gasteiger partial charge in [-0.05, 0) is 95.8 Å². The third-order valence-corrected chi connectivity index (χ3v) is 12.3. The summed E-state index contributed by atoms with van der Waals surface area (Å²) in [6, 6.07) is 30.7. The molecule has 0 saturated heterocycles. The molecule has 0 bridgehead atoms. The van der Waals surface area contributed by atoms with Crippen LogP contribution < -0.4 is 0 Å². The second-order valence-corrected chi connectivity index (χ2v) is 16.4. The molecule has 0 unspecified atom stereocenters. The standard InChI is InChI=1S/C38H41O9PS4/c1-49-30-13-5-26(6-14-30)22-42-36-35(46-38(40)37(36)43-23-27-7-15-31(50-2)16-8-27)34(21-39)47-48(41,44-24-28-9-17-32(51-3)18-10-28)45-25-29-11-19-33(52-4)20-12-29/h5-20,34-35,39H,21-25H2,1-4H3/t34-,35+/m0/s1. The summed E-state index contributed by atoms with van der Waals surface area (Å²) in [4.78, 5) is 17.7. The van der Waals surface area contributed by atoms with Crippen LogP contribution in [0.4, 0.5) is 0 Å². The number of rotatable bonds is 20. The topological polar surface area (TPSA) is 110 Å². The van der Waals surface area contributed by atoms with Crippen molar-refractivity contribution in [1.29, 1.82) is 0 Å². The zero-order chi connectivity index (χ0) is 36.9. The predicted molar refractivity (Wildman–Crippen MR) is 209 cm³/mol. The Labute approximate surface area is 322 Å². The molecule has 2 atom stereocenters. The Bertz CT molecular complexity index is 1760. The van der Waals surface area contributed by atoms with E-state index in [2.05, 4.69) is 0 Å². The van der Waals surface area contributed by atoms with Gasteiger partial charge in [0.2, 0.25) is 5.76 Å². The lowest BCUT2D eigenvalue weighted by molar-refractivity contribution is -0.148. The molecule has 1 aliphatic rings. The molecule has 5 rings (SSSR count). The van der Waals surface area contributed by atoms with Gasteiger partial charge < -0.3 is 19.3 Å². The smallest absolute Gasteiger partial charge is 0.475 e. The molecule has 52 heavy (non-hydrogen) atoms. The van der Waals surface area contributed by atoms with Crippen LogP contribution >= 0.6 is 54.9 Å². The maximum Gasteiger partial charge on any atom is 0.475 e. The van der Waals surface area contributed by atoms with E-state index in [1.807, 2.05) is 122 Å². The normalized spacial score (nSPS) is 15.1. The first-order valence-corrected chi connectivity index (χ1v) is 22.5. The second-order valence-electron chi connectivity index (χ2n) is 11.3. The number of aliphatic hydroxyl groups is 1. The Hall–Kier alpha value is -2.84. The van der Waals surface area contributed by atoms with Crippen LogP contribution in [0.25, 0.3) is 0 Å². The van der Waals surface area contributed by atoms with Crippen LogP contribution in [0.15, 0.2) is 128 Å². The minimum atomic E-state index is -4.42. The lowest BCUT2D eigenvalue weighted by atomic mass is 10.1. The number of benzene rings is 4. The SMILES string of the molecule is CSc1ccc(COC2=C(OCc3ccc(SC)cc3)[C@@H]([C@H](CO)OP(=O)(OCc3ccc(SC)cc3)OCc3ccc(SC)cc3)OC2=O)cc1. The zero-order valence-corrected chi connectivity index (χ0v) is 33.4. The monoisotopic (exact) mass is 800 g/mol. The van der Waals surface area contributed by atoms with Crippen LogP contribution in [-0.4, -0.2) is 54.9 Å². The van der Waals surface area contributed by atoms with Crippen molar-refractivity contribution in [1.82, 2.24) is 0 Å². The van der Waals surface area contributed by atoms with Crippen molar-refractivity contribution < 1.29 is 42.2 Å². The summed E-state index contributed by atoms with van der Waals surface area (Å²) >= 11 is 6.43. The first-order chi connectivity index (χ1) is 25.3. The van der Waals surface area contributed by atoms with Gasteiger partial charge in [0.25, 0.3) is 0 Å². The number of cyclic esters (lactones) is 1. The molecule has 0 aliphatic carbocycles. The third kappa shape index (κ3) is 11.3. The fourth-order valence-corrected chi connectivity index (χ4v) is 7.89. The van der Waals surface area contributed by atoms with E-state index in [0.717, 1.165) is 41.8 Å². The summed E-state index contributed by atoms with van der Waals surface area (Å²) < 4.78 is 50.1. The van der Waals surface area contributed by atoms with Crippen molar-refractivity contribution in [2.45, 2.75) is 58.2 Å². The number of aliphatic hydroxyl groups excluding tert-OH is 1. The molecule has 9 nitrogen and oxygen atoms in total. The number of hydrogen-bond acceptors (Lipinski definition) is 13. The highest BCUT2D eigenvalue weighted by molar-refractivity contribution is 7.99. The van der Waals surface area contributed by atoms with E-state index in [-0.39, 0.29) is 37.9 Å². The molecule has 14 heteroatoms. The van der Waals surface area contributed by atoms with Gasteiger partial charge in [-0.15, -0.1) is 47.0 Å². The van der Waals surface area contributed by atoms with Gasteiger partial charge in [0.15, 0.2) is 11.9 Å². The molecule has 1 heterocycles. The minimum absolute atomic E-state index is 0.00517. The van der Waals surface area contributed by atoms with Gasteiger partial charge in [-0.2, -0.15) is 0 Å².